The number of nitrogens with one attached hydrogen (secondary N) is 1. The Balaban J connectivity index is 2.77. The third-order valence-electron chi connectivity index (χ3n) is 1.37. The Hall–Kier alpha value is -2.02. The van der Waals surface area contributed by atoms with Crippen molar-refractivity contribution in [1.82, 2.24) is 4.98 Å². The molecule has 0 saturated heterocycles. The Labute approximate surface area is 95.6 Å². The Morgan fingerprint density at radius 1 is 1.81 bits per heavy atom. The maximum Gasteiger partial charge on any atom is 0.259 e. The highest BCUT2D eigenvalue weighted by molar-refractivity contribution is 7.14. The molecule has 0 atom stereocenters. The fourth-order valence-electron chi connectivity index (χ4n) is 0.771. The van der Waals surface area contributed by atoms with Gasteiger partial charge >= 0.3 is 0 Å². The SMILES string of the molecule is C=CCO/N=C(/[C]=O)c1csc(NC=O)n1. The molecule has 0 unspecified atom stereocenters. The molecular formula is C9H8N3O3S. The van der Waals surface area contributed by atoms with E-state index in [2.05, 4.69) is 22.0 Å². The van der Waals surface area contributed by atoms with Gasteiger partial charge in [0.15, 0.2) is 10.8 Å². The van der Waals surface area contributed by atoms with Crippen LogP contribution in [0.3, 0.4) is 0 Å². The molecule has 6 nitrogen and oxygen atoms in total. The zero-order valence-electron chi connectivity index (χ0n) is 8.17. The zero-order valence-corrected chi connectivity index (χ0v) is 8.99. The summed E-state index contributed by atoms with van der Waals surface area (Å²) in [7, 11) is 0. The van der Waals surface area contributed by atoms with E-state index in [-0.39, 0.29) is 12.3 Å². The number of carbonyl (C=O) groups is 1. The summed E-state index contributed by atoms with van der Waals surface area (Å²) in [5.74, 6) is 0. The fourth-order valence-corrected chi connectivity index (χ4v) is 1.43. The zero-order chi connectivity index (χ0) is 11.8. The number of anilines is 1. The first-order valence-electron chi connectivity index (χ1n) is 4.17. The number of hydrogen-bond donors (Lipinski definition) is 1. The van der Waals surface area contributed by atoms with Crippen LogP contribution in [-0.2, 0) is 14.4 Å². The maximum atomic E-state index is 10.6. The highest BCUT2D eigenvalue weighted by atomic mass is 32.1. The summed E-state index contributed by atoms with van der Waals surface area (Å²) in [6.07, 6.45) is 3.59. The Kier molecular flexibility index (Phi) is 4.87. The third kappa shape index (κ3) is 3.28. The van der Waals surface area contributed by atoms with Crippen molar-refractivity contribution < 1.29 is 14.4 Å². The monoisotopic (exact) mass is 238 g/mol. The molecule has 16 heavy (non-hydrogen) atoms. The van der Waals surface area contributed by atoms with Gasteiger partial charge < -0.3 is 10.2 Å². The Bertz CT molecular complexity index is 414. The lowest BCUT2D eigenvalue weighted by Crippen LogP contribution is -2.04. The number of amides is 1. The first kappa shape index (κ1) is 12.1. The largest absolute Gasteiger partial charge is 0.391 e. The lowest BCUT2D eigenvalue weighted by molar-refractivity contribution is -0.105. The smallest absolute Gasteiger partial charge is 0.259 e. The number of oxime groups is 1. The molecule has 1 radical (unpaired) electrons. The molecule has 1 amide bonds. The molecule has 0 aliphatic rings. The van der Waals surface area contributed by atoms with Gasteiger partial charge in [0, 0.05) is 5.38 Å². The van der Waals surface area contributed by atoms with Gasteiger partial charge in [-0.3, -0.25) is 9.59 Å². The average Bonchev–Trinajstić information content (AvgIpc) is 2.74. The van der Waals surface area contributed by atoms with Gasteiger partial charge in [-0.25, -0.2) is 4.98 Å². The van der Waals surface area contributed by atoms with Crippen molar-refractivity contribution in [3.63, 3.8) is 0 Å². The van der Waals surface area contributed by atoms with E-state index in [0.717, 1.165) is 0 Å². The molecule has 0 aliphatic heterocycles. The summed E-state index contributed by atoms with van der Waals surface area (Å²) < 4.78 is 0. The van der Waals surface area contributed by atoms with E-state index in [1.807, 2.05) is 0 Å². The van der Waals surface area contributed by atoms with Crippen LogP contribution in [0.15, 0.2) is 23.2 Å². The second-order valence-corrected chi connectivity index (χ2v) is 3.28. The van der Waals surface area contributed by atoms with Crippen LogP contribution in [0.5, 0.6) is 0 Å². The van der Waals surface area contributed by atoms with Crippen LogP contribution >= 0.6 is 11.3 Å². The average molecular weight is 238 g/mol. The van der Waals surface area contributed by atoms with Crippen LogP contribution in [0.2, 0.25) is 0 Å². The summed E-state index contributed by atoms with van der Waals surface area (Å²) in [5.41, 5.74) is 0.241. The minimum Gasteiger partial charge on any atom is -0.391 e. The van der Waals surface area contributed by atoms with Crippen molar-refractivity contribution in [1.29, 1.82) is 0 Å². The van der Waals surface area contributed by atoms with E-state index in [1.54, 1.807) is 11.7 Å². The lowest BCUT2D eigenvalue weighted by atomic mass is 10.3. The molecule has 0 spiro atoms. The van der Waals surface area contributed by atoms with Crippen molar-refractivity contribution >= 4 is 34.9 Å². The molecule has 1 heterocycles. The molecule has 83 valence electrons. The van der Waals surface area contributed by atoms with E-state index in [0.29, 0.717) is 17.2 Å². The van der Waals surface area contributed by atoms with Crippen molar-refractivity contribution in [2.75, 3.05) is 11.9 Å². The van der Waals surface area contributed by atoms with Gasteiger partial charge in [-0.15, -0.1) is 11.3 Å². The second-order valence-electron chi connectivity index (χ2n) is 2.43. The normalized spacial score (nSPS) is 10.6. The van der Waals surface area contributed by atoms with Crippen molar-refractivity contribution in [3.05, 3.63) is 23.7 Å². The molecule has 1 N–H and O–H groups in total. The number of thiazole rings is 1. The van der Waals surface area contributed by atoms with Crippen LogP contribution in [0, 0.1) is 0 Å². The second kappa shape index (κ2) is 6.46. The van der Waals surface area contributed by atoms with Crippen molar-refractivity contribution in [3.8, 4) is 0 Å². The maximum absolute atomic E-state index is 10.6. The first-order chi connectivity index (χ1) is 7.81. The summed E-state index contributed by atoms with van der Waals surface area (Å²) in [6, 6.07) is 0. The number of hydrogen-bond acceptors (Lipinski definition) is 6. The molecule has 0 aliphatic carbocycles. The number of rotatable bonds is 7. The number of carbonyl (C=O) groups excluding carboxylic acids is 2. The molecule has 0 saturated carbocycles. The van der Waals surface area contributed by atoms with E-state index in [9.17, 15) is 9.59 Å². The van der Waals surface area contributed by atoms with Crippen LogP contribution in [0.4, 0.5) is 5.13 Å². The molecule has 0 aromatic carbocycles. The molecule has 1 rings (SSSR count). The van der Waals surface area contributed by atoms with Crippen LogP contribution in [0.25, 0.3) is 0 Å². The predicted octanol–water partition coefficient (Wildman–Crippen LogP) is 0.728. The predicted molar refractivity (Wildman–Crippen MR) is 60.2 cm³/mol. The topological polar surface area (TPSA) is 80.6 Å². The van der Waals surface area contributed by atoms with Gasteiger partial charge in [0.1, 0.15) is 12.3 Å². The van der Waals surface area contributed by atoms with Gasteiger partial charge in [0.2, 0.25) is 6.41 Å². The minimum absolute atomic E-state index is 0.0583. The van der Waals surface area contributed by atoms with E-state index >= 15 is 0 Å². The molecule has 0 fully saturated rings. The van der Waals surface area contributed by atoms with Crippen LogP contribution in [0.1, 0.15) is 5.69 Å². The van der Waals surface area contributed by atoms with Gasteiger partial charge in [0.05, 0.1) is 0 Å². The number of nitrogens with zero attached hydrogens (tertiary/aromatic N) is 2. The lowest BCUT2D eigenvalue weighted by Gasteiger charge is -1.94. The fraction of sp³-hybridized carbons (Fsp3) is 0.111. The Morgan fingerprint density at radius 2 is 2.62 bits per heavy atom. The standard InChI is InChI=1S/C9H8N3O3S/c1-2-3-15-12-7(4-13)8-5-16-9(11-8)10-6-14/h2,5-6H,1,3H2,(H,10,11,14)/b12-7-. The third-order valence-corrected chi connectivity index (χ3v) is 2.15. The highest BCUT2D eigenvalue weighted by Crippen LogP contribution is 2.14. The van der Waals surface area contributed by atoms with Crippen LogP contribution < -0.4 is 5.32 Å². The summed E-state index contributed by atoms with van der Waals surface area (Å²) >= 11 is 1.17. The highest BCUT2D eigenvalue weighted by Gasteiger charge is 2.09. The van der Waals surface area contributed by atoms with Gasteiger partial charge in [0.25, 0.3) is 6.29 Å². The minimum atomic E-state index is -0.0583. The van der Waals surface area contributed by atoms with Crippen molar-refractivity contribution in [2.24, 2.45) is 5.16 Å². The molecule has 0 bridgehead atoms. The first-order valence-corrected chi connectivity index (χ1v) is 5.05. The summed E-state index contributed by atoms with van der Waals surface area (Å²) in [4.78, 5) is 29.4. The van der Waals surface area contributed by atoms with E-state index < -0.39 is 0 Å². The molecular weight excluding hydrogens is 230 g/mol. The summed E-state index contributed by atoms with van der Waals surface area (Å²) in [5, 5.41) is 7.82. The van der Waals surface area contributed by atoms with Gasteiger partial charge in [-0.05, 0) is 0 Å². The van der Waals surface area contributed by atoms with E-state index in [4.69, 9.17) is 4.84 Å². The number of aromatic nitrogens is 1. The quantitative estimate of drug-likeness (QED) is 0.249. The van der Waals surface area contributed by atoms with Crippen molar-refractivity contribution in [2.45, 2.75) is 0 Å². The molecule has 7 heteroatoms. The van der Waals surface area contributed by atoms with Gasteiger partial charge in [-0.1, -0.05) is 17.8 Å². The summed E-state index contributed by atoms with van der Waals surface area (Å²) in [6.45, 7) is 3.62. The van der Waals surface area contributed by atoms with Gasteiger partial charge in [-0.2, -0.15) is 0 Å². The Morgan fingerprint density at radius 3 is 3.25 bits per heavy atom. The molecule has 1 aromatic rings. The van der Waals surface area contributed by atoms with Crippen LogP contribution in [-0.4, -0.2) is 30.0 Å². The van der Waals surface area contributed by atoms with E-state index in [1.165, 1.54) is 17.4 Å². The molecule has 1 aromatic heterocycles.